The number of carbonyl (C=O) groups excluding carboxylic acids is 1. The summed E-state index contributed by atoms with van der Waals surface area (Å²) in [7, 11) is 1.58. The first-order valence-electron chi connectivity index (χ1n) is 10.7. The number of hydrogen-bond donors (Lipinski definition) is 2. The molecule has 8 heteroatoms. The van der Waals surface area contributed by atoms with Gasteiger partial charge in [-0.05, 0) is 71.7 Å². The van der Waals surface area contributed by atoms with Crippen LogP contribution >= 0.6 is 15.9 Å². The molecule has 1 amide bonds. The van der Waals surface area contributed by atoms with Crippen molar-refractivity contribution >= 4 is 27.5 Å². The molecule has 0 aliphatic carbocycles. The topological polar surface area (TPSA) is 81.7 Å². The Labute approximate surface area is 202 Å². The van der Waals surface area contributed by atoms with Crippen LogP contribution in [-0.4, -0.2) is 37.8 Å². The molecule has 2 N–H and O–H groups in total. The van der Waals surface area contributed by atoms with Gasteiger partial charge in [-0.3, -0.25) is 4.79 Å². The van der Waals surface area contributed by atoms with Crippen molar-refractivity contribution in [2.45, 2.75) is 19.9 Å². The molecule has 3 aromatic rings. The molecule has 0 bridgehead atoms. The first-order chi connectivity index (χ1) is 16.0. The number of amides is 1. The van der Waals surface area contributed by atoms with E-state index in [1.54, 1.807) is 13.3 Å². The third kappa shape index (κ3) is 8.07. The summed E-state index contributed by atoms with van der Waals surface area (Å²) in [5, 5.41) is 6.20. The number of anilines is 1. The first-order valence-corrected chi connectivity index (χ1v) is 11.4. The van der Waals surface area contributed by atoms with Crippen molar-refractivity contribution in [1.82, 2.24) is 10.3 Å². The molecule has 7 nitrogen and oxygen atoms in total. The molecule has 0 aliphatic rings. The van der Waals surface area contributed by atoms with Gasteiger partial charge in [-0.15, -0.1) is 0 Å². The lowest BCUT2D eigenvalue weighted by atomic mass is 10.2. The molecule has 0 aliphatic heterocycles. The normalized spacial score (nSPS) is 10.5. The fourth-order valence-corrected chi connectivity index (χ4v) is 3.63. The Hall–Kier alpha value is -3.10. The molecule has 0 unspecified atom stereocenters. The highest BCUT2D eigenvalue weighted by molar-refractivity contribution is 9.10. The van der Waals surface area contributed by atoms with E-state index < -0.39 is 0 Å². The molecule has 0 fully saturated rings. The molecule has 174 valence electrons. The van der Waals surface area contributed by atoms with Crippen molar-refractivity contribution in [3.8, 4) is 17.4 Å². The minimum Gasteiger partial charge on any atom is -0.493 e. The summed E-state index contributed by atoms with van der Waals surface area (Å²) in [6.07, 6.45) is 2.56. The van der Waals surface area contributed by atoms with Crippen LogP contribution in [0.3, 0.4) is 0 Å². The predicted molar refractivity (Wildman–Crippen MR) is 132 cm³/mol. The highest BCUT2D eigenvalue weighted by Gasteiger charge is 2.14. The molecule has 0 radical (unpaired) electrons. The van der Waals surface area contributed by atoms with Gasteiger partial charge in [-0.1, -0.05) is 23.8 Å². The van der Waals surface area contributed by atoms with Gasteiger partial charge in [0.05, 0.1) is 18.2 Å². The van der Waals surface area contributed by atoms with Crippen molar-refractivity contribution in [1.29, 1.82) is 0 Å². The molecular weight excluding hydrogens is 486 g/mol. The van der Waals surface area contributed by atoms with Crippen LogP contribution in [0.2, 0.25) is 0 Å². The number of pyridine rings is 1. The monoisotopic (exact) mass is 513 g/mol. The van der Waals surface area contributed by atoms with Gasteiger partial charge < -0.3 is 24.8 Å². The van der Waals surface area contributed by atoms with Crippen LogP contribution in [-0.2, 0) is 11.3 Å². The summed E-state index contributed by atoms with van der Waals surface area (Å²) in [6.45, 7) is 3.91. The van der Waals surface area contributed by atoms with E-state index >= 15 is 0 Å². The lowest BCUT2D eigenvalue weighted by molar-refractivity contribution is -0.118. The second-order valence-electron chi connectivity index (χ2n) is 7.36. The van der Waals surface area contributed by atoms with Gasteiger partial charge in [-0.25, -0.2) is 4.98 Å². The van der Waals surface area contributed by atoms with Gasteiger partial charge in [0.25, 0.3) is 5.91 Å². The van der Waals surface area contributed by atoms with E-state index in [0.717, 1.165) is 34.3 Å². The van der Waals surface area contributed by atoms with E-state index in [-0.39, 0.29) is 12.5 Å². The zero-order valence-corrected chi connectivity index (χ0v) is 20.4. The number of carbonyl (C=O) groups is 1. The Balaban J connectivity index is 1.45. The number of benzene rings is 2. The lowest BCUT2D eigenvalue weighted by Crippen LogP contribution is -2.20. The number of ether oxygens (including phenoxy) is 3. The maximum Gasteiger partial charge on any atom is 0.262 e. The summed E-state index contributed by atoms with van der Waals surface area (Å²) in [6, 6.07) is 17.0. The molecule has 33 heavy (non-hydrogen) atoms. The van der Waals surface area contributed by atoms with Crippen molar-refractivity contribution in [3.63, 3.8) is 0 Å². The maximum atomic E-state index is 12.3. The molecule has 3 rings (SSSR count). The van der Waals surface area contributed by atoms with Crippen LogP contribution in [0.5, 0.6) is 17.4 Å². The van der Waals surface area contributed by atoms with E-state index in [1.807, 2.05) is 61.5 Å². The molecule has 2 aromatic carbocycles. The highest BCUT2D eigenvalue weighted by Crippen LogP contribution is 2.36. The highest BCUT2D eigenvalue weighted by atomic mass is 79.9. The molecule has 0 atom stereocenters. The van der Waals surface area contributed by atoms with Gasteiger partial charge in [0.15, 0.2) is 18.1 Å². The minimum atomic E-state index is -0.244. The number of aromatic nitrogens is 1. The Morgan fingerprint density at radius 2 is 1.91 bits per heavy atom. The van der Waals surface area contributed by atoms with Crippen molar-refractivity contribution in [3.05, 3.63) is 76.4 Å². The van der Waals surface area contributed by atoms with Crippen molar-refractivity contribution < 1.29 is 19.0 Å². The number of methoxy groups -OCH3 is 1. The smallest absolute Gasteiger partial charge is 0.262 e. The quantitative estimate of drug-likeness (QED) is 0.340. The van der Waals surface area contributed by atoms with E-state index in [9.17, 15) is 4.79 Å². The fourth-order valence-electron chi connectivity index (χ4n) is 3.03. The van der Waals surface area contributed by atoms with E-state index in [4.69, 9.17) is 14.2 Å². The summed E-state index contributed by atoms with van der Waals surface area (Å²) in [4.78, 5) is 16.4. The van der Waals surface area contributed by atoms with Gasteiger partial charge in [0.1, 0.15) is 0 Å². The zero-order chi connectivity index (χ0) is 23.5. The lowest BCUT2D eigenvalue weighted by Gasteiger charge is -2.15. The largest absolute Gasteiger partial charge is 0.493 e. The number of aryl methyl sites for hydroxylation is 1. The fraction of sp³-hybridized carbons (Fsp3) is 0.280. The van der Waals surface area contributed by atoms with E-state index in [1.165, 1.54) is 0 Å². The second-order valence-corrected chi connectivity index (χ2v) is 8.21. The minimum absolute atomic E-state index is 0.128. The Morgan fingerprint density at radius 1 is 1.09 bits per heavy atom. The number of nitrogens with zero attached hydrogens (tertiary/aromatic N) is 1. The standard InChI is InChI=1S/C25H28BrN3O4/c1-18-7-9-20(10-8-18)29-23(30)17-33-25-21(26)14-19(15-22(25)31-2)16-27-11-5-13-32-24-6-3-4-12-28-24/h3-4,6-10,12,14-15,27H,5,11,13,16-17H2,1-2H3,(H,29,30). The summed E-state index contributed by atoms with van der Waals surface area (Å²) >= 11 is 3.53. The Bertz CT molecular complexity index is 1030. The van der Waals surface area contributed by atoms with Crippen molar-refractivity contribution in [2.75, 3.05) is 32.2 Å². The second kappa shape index (κ2) is 12.8. The number of halogens is 1. The summed E-state index contributed by atoms with van der Waals surface area (Å²) in [5.41, 5.74) is 2.89. The van der Waals surface area contributed by atoms with Crippen LogP contribution in [0.4, 0.5) is 5.69 Å². The average molecular weight is 514 g/mol. The number of nitrogens with one attached hydrogen (secondary N) is 2. The Kier molecular flexibility index (Phi) is 9.53. The SMILES string of the molecule is COc1cc(CNCCCOc2ccccn2)cc(Br)c1OCC(=O)Nc1ccc(C)cc1. The number of rotatable bonds is 12. The van der Waals surface area contributed by atoms with E-state index in [2.05, 4.69) is 31.5 Å². The number of hydrogen-bond acceptors (Lipinski definition) is 6. The molecule has 1 heterocycles. The van der Waals surface area contributed by atoms with Gasteiger partial charge in [-0.2, -0.15) is 0 Å². The van der Waals surface area contributed by atoms with Crippen molar-refractivity contribution in [2.24, 2.45) is 0 Å². The molecular formula is C25H28BrN3O4. The third-order valence-electron chi connectivity index (χ3n) is 4.69. The summed E-state index contributed by atoms with van der Waals surface area (Å²) in [5.74, 6) is 1.44. The first kappa shape index (κ1) is 24.5. The zero-order valence-electron chi connectivity index (χ0n) is 18.8. The molecule has 0 spiro atoms. The third-order valence-corrected chi connectivity index (χ3v) is 5.28. The van der Waals surface area contributed by atoms with Gasteiger partial charge >= 0.3 is 0 Å². The average Bonchev–Trinajstić information content (AvgIpc) is 2.82. The predicted octanol–water partition coefficient (Wildman–Crippen LogP) is 4.74. The molecule has 0 saturated heterocycles. The molecule has 1 aromatic heterocycles. The van der Waals surface area contributed by atoms with Gasteiger partial charge in [0, 0.05) is 24.5 Å². The van der Waals surface area contributed by atoms with E-state index in [0.29, 0.717) is 30.5 Å². The van der Waals surface area contributed by atoms with Crippen LogP contribution in [0, 0.1) is 6.92 Å². The van der Waals surface area contributed by atoms with Crippen LogP contribution < -0.4 is 24.8 Å². The van der Waals surface area contributed by atoms with Gasteiger partial charge in [0.2, 0.25) is 5.88 Å². The van der Waals surface area contributed by atoms with Crippen LogP contribution in [0.15, 0.2) is 65.3 Å². The van der Waals surface area contributed by atoms with Crippen LogP contribution in [0.1, 0.15) is 17.5 Å². The maximum absolute atomic E-state index is 12.3. The van der Waals surface area contributed by atoms with Crippen LogP contribution in [0.25, 0.3) is 0 Å². The molecule has 0 saturated carbocycles. The summed E-state index contributed by atoms with van der Waals surface area (Å²) < 4.78 is 17.5. The Morgan fingerprint density at radius 3 is 2.64 bits per heavy atom.